The van der Waals surface area contributed by atoms with E-state index in [0.29, 0.717) is 6.54 Å². The van der Waals surface area contributed by atoms with E-state index in [1.54, 1.807) is 0 Å². The second kappa shape index (κ2) is 8.00. The van der Waals surface area contributed by atoms with Gasteiger partial charge >= 0.3 is 0 Å². The molecule has 0 saturated carbocycles. The van der Waals surface area contributed by atoms with Crippen LogP contribution < -0.4 is 5.73 Å². The molecule has 3 heteroatoms. The van der Waals surface area contributed by atoms with Gasteiger partial charge in [-0.15, -0.1) is 6.42 Å². The van der Waals surface area contributed by atoms with Crippen LogP contribution in [0.4, 0.5) is 0 Å². The fraction of sp³-hybridized carbons (Fsp3) is 0.200. The van der Waals surface area contributed by atoms with Gasteiger partial charge in [0.05, 0.1) is 6.54 Å². The van der Waals surface area contributed by atoms with E-state index in [4.69, 9.17) is 17.3 Å². The highest BCUT2D eigenvalue weighted by Crippen LogP contribution is 2.10. The molecule has 1 rings (SSSR count). The Kier molecular flexibility index (Phi) is 7.62. The average molecular weight is 214 g/mol. The first kappa shape index (κ1) is 12.4. The van der Waals surface area contributed by atoms with Gasteiger partial charge in [0.2, 0.25) is 0 Å². The Hall–Kier alpha value is -0.620. The lowest BCUT2D eigenvalue weighted by molar-refractivity contribution is 1.30. The molecule has 0 aliphatic heterocycles. The molecule has 1 aromatic rings. The van der Waals surface area contributed by atoms with Gasteiger partial charge in [0.15, 0.2) is 0 Å². The quantitative estimate of drug-likeness (QED) is 0.544. The van der Waals surface area contributed by atoms with Crippen molar-refractivity contribution in [3.8, 4) is 12.3 Å². The van der Waals surface area contributed by atoms with Gasteiger partial charge in [-0.25, -0.2) is 0 Å². The third-order valence-corrected chi connectivity index (χ3v) is 1.83. The van der Waals surface area contributed by atoms with Crippen molar-refractivity contribution < 1.29 is 0 Å². The summed E-state index contributed by atoms with van der Waals surface area (Å²) in [6.45, 7) is 0.347. The molecule has 1 aromatic carbocycles. The molecule has 0 amide bonds. The van der Waals surface area contributed by atoms with Crippen molar-refractivity contribution in [2.45, 2.75) is 5.75 Å². The first-order chi connectivity index (χ1) is 6.24. The van der Waals surface area contributed by atoms with Crippen LogP contribution in [0.2, 0.25) is 5.02 Å². The number of terminal acetylenes is 1. The van der Waals surface area contributed by atoms with Crippen molar-refractivity contribution in [2.24, 2.45) is 5.73 Å². The maximum absolute atomic E-state index is 5.64. The smallest absolute Gasteiger partial charge is 0.0548 e. The molecule has 0 heterocycles. The van der Waals surface area contributed by atoms with E-state index in [0.717, 1.165) is 10.8 Å². The SMILES string of the molecule is C#CCN.SCc1ccc(Cl)cc1. The molecule has 1 nitrogen and oxygen atoms in total. The molecule has 0 aliphatic carbocycles. The van der Waals surface area contributed by atoms with E-state index in [1.165, 1.54) is 5.56 Å². The minimum Gasteiger partial charge on any atom is -0.320 e. The van der Waals surface area contributed by atoms with Crippen LogP contribution >= 0.6 is 24.2 Å². The van der Waals surface area contributed by atoms with Crippen molar-refractivity contribution in [1.82, 2.24) is 0 Å². The predicted molar refractivity (Wildman–Crippen MR) is 62.0 cm³/mol. The molecule has 13 heavy (non-hydrogen) atoms. The lowest BCUT2D eigenvalue weighted by Crippen LogP contribution is -1.91. The van der Waals surface area contributed by atoms with Crippen molar-refractivity contribution in [3.63, 3.8) is 0 Å². The first-order valence-corrected chi connectivity index (χ1v) is 4.74. The van der Waals surface area contributed by atoms with Crippen LogP contribution in [0.3, 0.4) is 0 Å². The fourth-order valence-corrected chi connectivity index (χ4v) is 0.927. The summed E-state index contributed by atoms with van der Waals surface area (Å²) in [4.78, 5) is 0. The topological polar surface area (TPSA) is 26.0 Å². The normalized spacial score (nSPS) is 8.15. The number of hydrogen-bond donors (Lipinski definition) is 2. The van der Waals surface area contributed by atoms with Crippen molar-refractivity contribution >= 4 is 24.2 Å². The van der Waals surface area contributed by atoms with Gasteiger partial charge in [-0.3, -0.25) is 0 Å². The van der Waals surface area contributed by atoms with Crippen LogP contribution in [-0.2, 0) is 5.75 Å². The largest absolute Gasteiger partial charge is 0.320 e. The molecule has 0 saturated heterocycles. The molecule has 70 valence electrons. The molecule has 0 bridgehead atoms. The Bertz CT molecular complexity index is 263. The van der Waals surface area contributed by atoms with Gasteiger partial charge in [-0.1, -0.05) is 29.7 Å². The van der Waals surface area contributed by atoms with Crippen molar-refractivity contribution in [3.05, 3.63) is 34.9 Å². The van der Waals surface area contributed by atoms with E-state index in [2.05, 4.69) is 25.0 Å². The highest BCUT2D eigenvalue weighted by molar-refractivity contribution is 7.79. The summed E-state index contributed by atoms with van der Waals surface area (Å²) < 4.78 is 0. The predicted octanol–water partition coefficient (Wildman–Crippen LogP) is 2.35. The third-order valence-electron chi connectivity index (χ3n) is 1.21. The van der Waals surface area contributed by atoms with E-state index in [9.17, 15) is 0 Å². The molecule has 0 aromatic heterocycles. The summed E-state index contributed by atoms with van der Waals surface area (Å²) in [5.74, 6) is 2.98. The maximum atomic E-state index is 5.64. The number of hydrogen-bond acceptors (Lipinski definition) is 2. The van der Waals surface area contributed by atoms with Crippen molar-refractivity contribution in [2.75, 3.05) is 6.54 Å². The first-order valence-electron chi connectivity index (χ1n) is 3.73. The van der Waals surface area contributed by atoms with Crippen LogP contribution in [0.5, 0.6) is 0 Å². The zero-order chi connectivity index (χ0) is 10.1. The Labute approximate surface area is 89.7 Å². The van der Waals surface area contributed by atoms with Gasteiger partial charge in [0, 0.05) is 10.8 Å². The highest BCUT2D eigenvalue weighted by Gasteiger charge is 1.86. The van der Waals surface area contributed by atoms with Crippen LogP contribution in [-0.4, -0.2) is 6.54 Å². The Balaban J connectivity index is 0.000000310. The molecule has 0 radical (unpaired) electrons. The molecule has 0 spiro atoms. The summed E-state index contributed by atoms with van der Waals surface area (Å²) in [6, 6.07) is 7.67. The summed E-state index contributed by atoms with van der Waals surface area (Å²) in [6.07, 6.45) is 4.65. The van der Waals surface area contributed by atoms with Gasteiger partial charge in [0.1, 0.15) is 0 Å². The molecule has 2 N–H and O–H groups in total. The van der Waals surface area contributed by atoms with Crippen molar-refractivity contribution in [1.29, 1.82) is 0 Å². The van der Waals surface area contributed by atoms with Crippen LogP contribution in [0, 0.1) is 12.3 Å². The third kappa shape index (κ3) is 6.53. The number of rotatable bonds is 1. The Morgan fingerprint density at radius 1 is 1.38 bits per heavy atom. The van der Waals surface area contributed by atoms with E-state index >= 15 is 0 Å². The average Bonchev–Trinajstić information content (AvgIpc) is 2.19. The van der Waals surface area contributed by atoms with Gasteiger partial charge in [-0.2, -0.15) is 12.6 Å². The molecule has 0 atom stereocenters. The monoisotopic (exact) mass is 213 g/mol. The van der Waals surface area contributed by atoms with Crippen LogP contribution in [0.1, 0.15) is 5.56 Å². The van der Waals surface area contributed by atoms with Crippen LogP contribution in [0.25, 0.3) is 0 Å². The molecule has 0 aliphatic rings. The number of halogens is 1. The number of benzene rings is 1. The highest BCUT2D eigenvalue weighted by atomic mass is 35.5. The van der Waals surface area contributed by atoms with E-state index in [1.807, 2.05) is 24.3 Å². The molecule has 0 fully saturated rings. The molecular formula is C10H12ClNS. The Morgan fingerprint density at radius 2 is 1.85 bits per heavy atom. The maximum Gasteiger partial charge on any atom is 0.0548 e. The molecule has 0 unspecified atom stereocenters. The zero-order valence-electron chi connectivity index (χ0n) is 7.20. The van der Waals surface area contributed by atoms with E-state index in [-0.39, 0.29) is 0 Å². The van der Waals surface area contributed by atoms with Gasteiger partial charge in [-0.05, 0) is 17.7 Å². The van der Waals surface area contributed by atoms with E-state index < -0.39 is 0 Å². The second-order valence-electron chi connectivity index (χ2n) is 2.19. The van der Waals surface area contributed by atoms with Crippen LogP contribution in [0.15, 0.2) is 24.3 Å². The summed E-state index contributed by atoms with van der Waals surface area (Å²) in [5.41, 5.74) is 5.99. The zero-order valence-corrected chi connectivity index (χ0v) is 8.85. The standard InChI is InChI=1S/C7H7ClS.C3H5N/c8-7-3-1-6(5-9)2-4-7;1-2-3-4/h1-4,9H,5H2;1H,3-4H2. The number of nitrogens with two attached hydrogens (primary N) is 1. The van der Waals surface area contributed by atoms with Gasteiger partial charge in [0.25, 0.3) is 0 Å². The summed E-state index contributed by atoms with van der Waals surface area (Å²) in [7, 11) is 0. The summed E-state index contributed by atoms with van der Waals surface area (Å²) >= 11 is 9.74. The molecular weight excluding hydrogens is 202 g/mol. The lowest BCUT2D eigenvalue weighted by Gasteiger charge is -1.92. The summed E-state index contributed by atoms with van der Waals surface area (Å²) in [5, 5.41) is 0.778. The second-order valence-corrected chi connectivity index (χ2v) is 2.95. The number of thiol groups is 1. The van der Waals surface area contributed by atoms with Gasteiger partial charge < -0.3 is 5.73 Å². The Morgan fingerprint density at radius 3 is 2.15 bits per heavy atom. The minimum atomic E-state index is 0.347. The minimum absolute atomic E-state index is 0.347. The fourth-order valence-electron chi connectivity index (χ4n) is 0.590. The lowest BCUT2D eigenvalue weighted by atomic mass is 10.2.